The molecule has 0 aromatic heterocycles. The van der Waals surface area contributed by atoms with Gasteiger partial charge in [-0.15, -0.1) is 0 Å². The highest BCUT2D eigenvalue weighted by molar-refractivity contribution is 6.41. The highest BCUT2D eigenvalue weighted by Crippen LogP contribution is 2.27. The van der Waals surface area contributed by atoms with Crippen molar-refractivity contribution in [2.75, 3.05) is 0 Å². The molecule has 0 aromatic rings. The second kappa shape index (κ2) is 6.67. The maximum absolute atomic E-state index is 11.7. The van der Waals surface area contributed by atoms with Crippen LogP contribution in [-0.2, 0) is 9.59 Å². The first kappa shape index (κ1) is 13.3. The van der Waals surface area contributed by atoms with E-state index in [-0.39, 0.29) is 11.6 Å². The maximum Gasteiger partial charge on any atom is 0.221 e. The summed E-state index contributed by atoms with van der Waals surface area (Å²) in [5.41, 5.74) is 2.47. The van der Waals surface area contributed by atoms with E-state index in [1.165, 1.54) is 31.3 Å². The quantitative estimate of drug-likeness (QED) is 0.657. The Balaban J connectivity index is 2.17. The third-order valence-corrected chi connectivity index (χ3v) is 3.88. The molecule has 0 fully saturated rings. The average Bonchev–Trinajstić information content (AvgIpc) is 2.30. The molecule has 2 heteroatoms. The first-order chi connectivity index (χ1) is 8.77. The monoisotopic (exact) mass is 246 g/mol. The highest BCUT2D eigenvalue weighted by Gasteiger charge is 2.17. The average molecular weight is 246 g/mol. The number of ketones is 2. The largest absolute Gasteiger partial charge is 0.291 e. The summed E-state index contributed by atoms with van der Waals surface area (Å²) >= 11 is 0. The SMILES string of the molecule is O=C1/C=C(/C2=C/CCCCCC2)CCCCC1=O. The number of carbonyl (C=O) groups is 2. The summed E-state index contributed by atoms with van der Waals surface area (Å²) in [5, 5.41) is 0. The van der Waals surface area contributed by atoms with Crippen molar-refractivity contribution >= 4 is 11.6 Å². The van der Waals surface area contributed by atoms with Crippen LogP contribution in [-0.4, -0.2) is 11.6 Å². The molecule has 0 aliphatic heterocycles. The number of rotatable bonds is 1. The standard InChI is InChI=1S/C16H22O2/c17-15-11-7-6-10-14(12-16(15)18)13-8-4-2-1-3-5-9-13/h8,12H,1-7,9-11H2/b13-8+,14-12+. The van der Waals surface area contributed by atoms with E-state index in [4.69, 9.17) is 0 Å². The lowest BCUT2D eigenvalue weighted by atomic mass is 9.89. The van der Waals surface area contributed by atoms with E-state index in [0.29, 0.717) is 6.42 Å². The Hall–Kier alpha value is -1.18. The van der Waals surface area contributed by atoms with Crippen molar-refractivity contribution < 1.29 is 9.59 Å². The van der Waals surface area contributed by atoms with Gasteiger partial charge in [-0.2, -0.15) is 0 Å². The molecule has 0 amide bonds. The molecular weight excluding hydrogens is 224 g/mol. The smallest absolute Gasteiger partial charge is 0.221 e. The van der Waals surface area contributed by atoms with Gasteiger partial charge in [0.1, 0.15) is 0 Å². The molecule has 0 saturated heterocycles. The topological polar surface area (TPSA) is 34.1 Å². The third-order valence-electron chi connectivity index (χ3n) is 3.88. The van der Waals surface area contributed by atoms with Gasteiger partial charge in [0.05, 0.1) is 0 Å². The van der Waals surface area contributed by atoms with E-state index in [2.05, 4.69) is 6.08 Å². The molecule has 0 saturated carbocycles. The van der Waals surface area contributed by atoms with Crippen LogP contribution in [0, 0.1) is 0 Å². The molecule has 0 bridgehead atoms. The van der Waals surface area contributed by atoms with Gasteiger partial charge in [0.15, 0.2) is 0 Å². The Morgan fingerprint density at radius 1 is 0.722 bits per heavy atom. The number of allylic oxidation sites excluding steroid dienone is 4. The van der Waals surface area contributed by atoms with Crippen molar-refractivity contribution in [3.05, 3.63) is 23.3 Å². The van der Waals surface area contributed by atoms with Gasteiger partial charge in [-0.1, -0.05) is 18.9 Å². The number of hydrogen-bond acceptors (Lipinski definition) is 2. The van der Waals surface area contributed by atoms with Gasteiger partial charge in [0.25, 0.3) is 0 Å². The summed E-state index contributed by atoms with van der Waals surface area (Å²) in [6, 6.07) is 0. The molecule has 0 aromatic carbocycles. The van der Waals surface area contributed by atoms with E-state index in [1.807, 2.05) is 0 Å². The Bertz CT molecular complexity index is 388. The fraction of sp³-hybridized carbons (Fsp3) is 0.625. The minimum Gasteiger partial charge on any atom is -0.291 e. The van der Waals surface area contributed by atoms with Gasteiger partial charge in [-0.05, 0) is 62.2 Å². The molecule has 0 unspecified atom stereocenters. The lowest BCUT2D eigenvalue weighted by Gasteiger charge is -2.16. The van der Waals surface area contributed by atoms with Crippen LogP contribution in [0.15, 0.2) is 23.3 Å². The Kier molecular flexibility index (Phi) is 4.91. The van der Waals surface area contributed by atoms with Gasteiger partial charge in [-0.3, -0.25) is 9.59 Å². The van der Waals surface area contributed by atoms with Crippen LogP contribution < -0.4 is 0 Å². The number of hydrogen-bond donors (Lipinski definition) is 0. The first-order valence-corrected chi connectivity index (χ1v) is 7.24. The second-order valence-corrected chi connectivity index (χ2v) is 5.35. The summed E-state index contributed by atoms with van der Waals surface area (Å²) in [6.07, 6.45) is 14.5. The van der Waals surface area contributed by atoms with Crippen molar-refractivity contribution in [1.29, 1.82) is 0 Å². The van der Waals surface area contributed by atoms with Crippen molar-refractivity contribution in [2.24, 2.45) is 0 Å². The number of Topliss-reactive ketones (excluding diaryl/α,β-unsaturated/α-hetero) is 1. The zero-order chi connectivity index (χ0) is 12.8. The molecule has 0 heterocycles. The van der Waals surface area contributed by atoms with E-state index in [0.717, 1.165) is 37.7 Å². The molecule has 0 spiro atoms. The summed E-state index contributed by atoms with van der Waals surface area (Å²) in [7, 11) is 0. The predicted molar refractivity (Wildman–Crippen MR) is 72.4 cm³/mol. The van der Waals surface area contributed by atoms with Crippen LogP contribution in [0.1, 0.15) is 64.2 Å². The van der Waals surface area contributed by atoms with Crippen molar-refractivity contribution in [2.45, 2.75) is 64.2 Å². The van der Waals surface area contributed by atoms with Crippen LogP contribution in [0.4, 0.5) is 0 Å². The van der Waals surface area contributed by atoms with E-state index < -0.39 is 0 Å². The molecule has 2 rings (SSSR count). The van der Waals surface area contributed by atoms with E-state index >= 15 is 0 Å². The normalized spacial score (nSPS) is 29.1. The fourth-order valence-electron chi connectivity index (χ4n) is 2.77. The number of carbonyl (C=O) groups excluding carboxylic acids is 2. The summed E-state index contributed by atoms with van der Waals surface area (Å²) in [6.45, 7) is 0. The van der Waals surface area contributed by atoms with E-state index in [1.54, 1.807) is 6.08 Å². The summed E-state index contributed by atoms with van der Waals surface area (Å²) in [5.74, 6) is -0.494. The van der Waals surface area contributed by atoms with Crippen LogP contribution in [0.5, 0.6) is 0 Å². The van der Waals surface area contributed by atoms with Crippen LogP contribution in [0.3, 0.4) is 0 Å². The van der Waals surface area contributed by atoms with E-state index in [9.17, 15) is 9.59 Å². The minimum atomic E-state index is -0.285. The Morgan fingerprint density at radius 2 is 1.39 bits per heavy atom. The van der Waals surface area contributed by atoms with Gasteiger partial charge >= 0.3 is 0 Å². The zero-order valence-electron chi connectivity index (χ0n) is 11.0. The summed E-state index contributed by atoms with van der Waals surface area (Å²) in [4.78, 5) is 23.2. The molecule has 2 nitrogen and oxygen atoms in total. The highest BCUT2D eigenvalue weighted by atomic mass is 16.2. The van der Waals surface area contributed by atoms with Gasteiger partial charge in [0, 0.05) is 6.42 Å². The second-order valence-electron chi connectivity index (χ2n) is 5.35. The molecule has 0 N–H and O–H groups in total. The van der Waals surface area contributed by atoms with Gasteiger partial charge < -0.3 is 0 Å². The Labute approximate surface area is 109 Å². The molecule has 0 atom stereocenters. The maximum atomic E-state index is 11.7. The first-order valence-electron chi connectivity index (χ1n) is 7.24. The minimum absolute atomic E-state index is 0.210. The van der Waals surface area contributed by atoms with Crippen LogP contribution >= 0.6 is 0 Å². The van der Waals surface area contributed by atoms with Crippen molar-refractivity contribution in [1.82, 2.24) is 0 Å². The Morgan fingerprint density at radius 3 is 2.28 bits per heavy atom. The van der Waals surface area contributed by atoms with Crippen LogP contribution in [0.2, 0.25) is 0 Å². The lowest BCUT2D eigenvalue weighted by molar-refractivity contribution is -0.134. The van der Waals surface area contributed by atoms with Crippen molar-refractivity contribution in [3.8, 4) is 0 Å². The van der Waals surface area contributed by atoms with Gasteiger partial charge in [-0.25, -0.2) is 0 Å². The fourth-order valence-corrected chi connectivity index (χ4v) is 2.77. The lowest BCUT2D eigenvalue weighted by Crippen LogP contribution is -2.14. The zero-order valence-corrected chi connectivity index (χ0v) is 11.0. The van der Waals surface area contributed by atoms with Crippen molar-refractivity contribution in [3.63, 3.8) is 0 Å². The summed E-state index contributed by atoms with van der Waals surface area (Å²) < 4.78 is 0. The van der Waals surface area contributed by atoms with Gasteiger partial charge in [0.2, 0.25) is 11.6 Å². The molecule has 98 valence electrons. The third kappa shape index (κ3) is 3.66. The molecule has 2 aliphatic rings. The predicted octanol–water partition coefficient (Wildman–Crippen LogP) is 3.91. The molecule has 18 heavy (non-hydrogen) atoms. The molecule has 2 aliphatic carbocycles. The van der Waals surface area contributed by atoms with Crippen LogP contribution in [0.25, 0.3) is 0 Å². The molecular formula is C16H22O2. The molecule has 0 radical (unpaired) electrons.